The molecule has 1 aliphatic rings. The van der Waals surface area contributed by atoms with Crippen molar-refractivity contribution in [2.75, 3.05) is 5.75 Å². The first-order valence-electron chi connectivity index (χ1n) is 8.82. The molecule has 1 aliphatic carbocycles. The van der Waals surface area contributed by atoms with Crippen molar-refractivity contribution >= 4 is 28.2 Å². The molecule has 0 amide bonds. The van der Waals surface area contributed by atoms with Gasteiger partial charge in [-0.3, -0.25) is 4.40 Å². The molecule has 2 N–H and O–H groups in total. The lowest BCUT2D eigenvalue weighted by molar-refractivity contribution is -0.129. The molecule has 27 heavy (non-hydrogen) atoms. The first-order valence-corrected chi connectivity index (χ1v) is 10.1. The van der Waals surface area contributed by atoms with Crippen LogP contribution in [0.2, 0.25) is 0 Å². The van der Waals surface area contributed by atoms with Crippen LogP contribution in [0.1, 0.15) is 37.8 Å². The maximum absolute atomic E-state index is 12.3. The highest BCUT2D eigenvalue weighted by molar-refractivity contribution is 7.89. The van der Waals surface area contributed by atoms with E-state index in [1.54, 1.807) is 6.20 Å². The fourth-order valence-electron chi connectivity index (χ4n) is 3.96. The highest BCUT2D eigenvalue weighted by Crippen LogP contribution is 2.40. The second kappa shape index (κ2) is 6.99. The summed E-state index contributed by atoms with van der Waals surface area (Å²) >= 11 is -1.68. The van der Waals surface area contributed by atoms with Crippen LogP contribution in [0.4, 0.5) is 13.2 Å². The Morgan fingerprint density at radius 2 is 2.15 bits per heavy atom. The number of H-pyrrole nitrogens is 1. The number of aromatic amines is 1. The number of fused-ring (bicyclic) bond motifs is 3. The number of imidazole rings is 1. The molecular formula is C17H20F3N5OS. The van der Waals surface area contributed by atoms with Gasteiger partial charge in [0.25, 0.3) is 0 Å². The lowest BCUT2D eigenvalue weighted by Crippen LogP contribution is -2.36. The zero-order chi connectivity index (χ0) is 19.2. The number of rotatable bonds is 5. The predicted octanol–water partition coefficient (Wildman–Crippen LogP) is 3.30. The Labute approximate surface area is 156 Å². The number of nitrogens with one attached hydrogen (secondary N) is 2. The molecule has 3 aromatic rings. The standard InChI is InChI=1S/C17H20F3N5OS/c1-10-6-11(24-27(26)5-3-17(18,19)20)7-12(10)14-8-22-15-9-23-16-13(25(14)15)2-4-21-16/h2,4,8-12,21,24H,3,5-7H2,1H3/t10-,11+,12?,27?/m1/s1. The first kappa shape index (κ1) is 18.6. The maximum Gasteiger partial charge on any atom is 0.393 e. The van der Waals surface area contributed by atoms with Crippen LogP contribution in [0.3, 0.4) is 0 Å². The van der Waals surface area contributed by atoms with Crippen LogP contribution in [0.5, 0.6) is 0 Å². The number of hydrogen-bond acceptors (Lipinski definition) is 4. The van der Waals surface area contributed by atoms with E-state index in [1.807, 2.05) is 18.5 Å². The van der Waals surface area contributed by atoms with E-state index in [4.69, 9.17) is 0 Å². The van der Waals surface area contributed by atoms with Crippen molar-refractivity contribution in [2.45, 2.75) is 44.3 Å². The van der Waals surface area contributed by atoms with Crippen LogP contribution in [0.25, 0.3) is 16.8 Å². The molecule has 1 fully saturated rings. The molecule has 4 rings (SSSR count). The zero-order valence-corrected chi connectivity index (χ0v) is 15.5. The van der Waals surface area contributed by atoms with Crippen molar-refractivity contribution in [3.8, 4) is 0 Å². The van der Waals surface area contributed by atoms with Gasteiger partial charge in [-0.15, -0.1) is 4.72 Å². The molecule has 0 bridgehead atoms. The second-order valence-electron chi connectivity index (χ2n) is 7.13. The molecule has 0 aromatic carbocycles. The highest BCUT2D eigenvalue weighted by Gasteiger charge is 2.37. The minimum atomic E-state index is -4.28. The summed E-state index contributed by atoms with van der Waals surface area (Å²) in [5, 5.41) is 0. The van der Waals surface area contributed by atoms with Gasteiger partial charge in [-0.1, -0.05) is 6.92 Å². The first-order chi connectivity index (χ1) is 12.8. The maximum atomic E-state index is 12.3. The number of halogens is 3. The van der Waals surface area contributed by atoms with Gasteiger partial charge >= 0.3 is 6.18 Å². The van der Waals surface area contributed by atoms with Gasteiger partial charge in [0.2, 0.25) is 0 Å². The molecule has 4 atom stereocenters. The topological polar surface area (TPSA) is 81.1 Å². The van der Waals surface area contributed by atoms with E-state index >= 15 is 0 Å². The lowest BCUT2D eigenvalue weighted by Gasteiger charge is -2.17. The molecule has 0 spiro atoms. The van der Waals surface area contributed by atoms with Gasteiger partial charge in [-0.25, -0.2) is 9.97 Å². The second-order valence-corrected chi connectivity index (χ2v) is 8.47. The van der Waals surface area contributed by atoms with Gasteiger partial charge in [0.15, 0.2) is 11.3 Å². The molecule has 3 heterocycles. The molecular weight excluding hydrogens is 379 g/mol. The Morgan fingerprint density at radius 3 is 2.93 bits per heavy atom. The van der Waals surface area contributed by atoms with E-state index in [-0.39, 0.29) is 12.0 Å². The van der Waals surface area contributed by atoms with Crippen molar-refractivity contribution in [1.29, 1.82) is 0 Å². The quantitative estimate of drug-likeness (QED) is 0.645. The third kappa shape index (κ3) is 3.78. The molecule has 3 aromatic heterocycles. The van der Waals surface area contributed by atoms with Crippen LogP contribution in [0, 0.1) is 5.92 Å². The van der Waals surface area contributed by atoms with E-state index in [9.17, 15) is 17.7 Å². The molecule has 6 nitrogen and oxygen atoms in total. The van der Waals surface area contributed by atoms with Gasteiger partial charge < -0.3 is 9.54 Å². The summed E-state index contributed by atoms with van der Waals surface area (Å²) in [5.74, 6) is 0.0615. The monoisotopic (exact) mass is 399 g/mol. The molecule has 0 radical (unpaired) electrons. The minimum Gasteiger partial charge on any atom is -0.598 e. The summed E-state index contributed by atoms with van der Waals surface area (Å²) in [5.41, 5.74) is 3.53. The van der Waals surface area contributed by atoms with E-state index in [0.29, 0.717) is 12.3 Å². The van der Waals surface area contributed by atoms with E-state index in [1.165, 1.54) is 0 Å². The number of hydrogen-bond donors (Lipinski definition) is 2. The van der Waals surface area contributed by atoms with Crippen molar-refractivity contribution in [3.05, 3.63) is 30.4 Å². The minimum absolute atomic E-state index is 0.0758. The Morgan fingerprint density at radius 1 is 1.33 bits per heavy atom. The summed E-state index contributed by atoms with van der Waals surface area (Å²) in [6.07, 6.45) is 1.53. The smallest absolute Gasteiger partial charge is 0.393 e. The third-order valence-corrected chi connectivity index (χ3v) is 6.37. The summed E-state index contributed by atoms with van der Waals surface area (Å²) in [6.45, 7) is 2.11. The summed E-state index contributed by atoms with van der Waals surface area (Å²) in [7, 11) is 0. The van der Waals surface area contributed by atoms with Crippen LogP contribution < -0.4 is 4.72 Å². The lowest BCUT2D eigenvalue weighted by atomic mass is 9.95. The SMILES string of the molecule is C[C@@H]1C[C@H](N[S+]([O-])CCC(F)(F)F)CC1c1cnc2cnc3[nH]ccc3n12. The van der Waals surface area contributed by atoms with Gasteiger partial charge in [-0.05, 0) is 24.8 Å². The Kier molecular flexibility index (Phi) is 4.81. The van der Waals surface area contributed by atoms with E-state index in [2.05, 4.69) is 31.0 Å². The van der Waals surface area contributed by atoms with E-state index in [0.717, 1.165) is 28.9 Å². The molecule has 10 heteroatoms. The molecule has 2 unspecified atom stereocenters. The van der Waals surface area contributed by atoms with Crippen molar-refractivity contribution in [3.63, 3.8) is 0 Å². The zero-order valence-electron chi connectivity index (χ0n) is 14.7. The summed E-state index contributed by atoms with van der Waals surface area (Å²) < 4.78 is 53.8. The fraction of sp³-hybridized carbons (Fsp3) is 0.529. The average Bonchev–Trinajstić information content (AvgIpc) is 3.29. The largest absolute Gasteiger partial charge is 0.598 e. The predicted molar refractivity (Wildman–Crippen MR) is 96.6 cm³/mol. The summed E-state index contributed by atoms with van der Waals surface area (Å²) in [6, 6.07) is 1.87. The van der Waals surface area contributed by atoms with Crippen molar-refractivity contribution in [2.24, 2.45) is 5.92 Å². The fourth-order valence-corrected chi connectivity index (χ4v) is 5.06. The van der Waals surface area contributed by atoms with Crippen LogP contribution >= 0.6 is 0 Å². The third-order valence-electron chi connectivity index (χ3n) is 5.20. The van der Waals surface area contributed by atoms with Crippen LogP contribution in [-0.2, 0) is 11.4 Å². The Bertz CT molecular complexity index is 940. The average molecular weight is 399 g/mol. The van der Waals surface area contributed by atoms with Crippen LogP contribution in [0.15, 0.2) is 24.7 Å². The number of aromatic nitrogens is 4. The number of alkyl halides is 3. The van der Waals surface area contributed by atoms with Crippen molar-refractivity contribution < 1.29 is 17.7 Å². The van der Waals surface area contributed by atoms with E-state index < -0.39 is 29.7 Å². The normalized spacial score (nSPS) is 24.9. The van der Waals surface area contributed by atoms with Gasteiger partial charge in [0, 0.05) is 35.4 Å². The molecule has 0 aliphatic heterocycles. The molecule has 0 saturated heterocycles. The van der Waals surface area contributed by atoms with Crippen LogP contribution in [-0.4, -0.2) is 41.9 Å². The highest BCUT2D eigenvalue weighted by atomic mass is 32.2. The van der Waals surface area contributed by atoms with Gasteiger partial charge in [0.05, 0.1) is 24.2 Å². The molecule has 1 saturated carbocycles. The molecule has 146 valence electrons. The Hall–Kier alpha value is -1.78. The summed E-state index contributed by atoms with van der Waals surface area (Å²) in [4.78, 5) is 11.9. The number of nitrogens with zero attached hydrogens (tertiary/aromatic N) is 3. The Balaban J connectivity index is 1.51. The van der Waals surface area contributed by atoms with Gasteiger partial charge in [-0.2, -0.15) is 13.2 Å². The van der Waals surface area contributed by atoms with Crippen molar-refractivity contribution in [1.82, 2.24) is 24.1 Å². The van der Waals surface area contributed by atoms with Gasteiger partial charge in [0.1, 0.15) is 5.75 Å².